The predicted octanol–water partition coefficient (Wildman–Crippen LogP) is 0.791. The van der Waals surface area contributed by atoms with Crippen LogP contribution in [0, 0.1) is 5.92 Å². The second kappa shape index (κ2) is 5.73. The Labute approximate surface area is 123 Å². The van der Waals surface area contributed by atoms with Crippen molar-refractivity contribution in [3.63, 3.8) is 0 Å². The third kappa shape index (κ3) is 3.08. The van der Waals surface area contributed by atoms with Crippen molar-refractivity contribution in [3.8, 4) is 0 Å². The number of fused-ring (bicyclic) bond motifs is 1. The van der Waals surface area contributed by atoms with Crippen molar-refractivity contribution in [2.24, 2.45) is 5.92 Å². The molecule has 0 saturated carbocycles. The van der Waals surface area contributed by atoms with Crippen LogP contribution in [-0.4, -0.2) is 46.2 Å². The van der Waals surface area contributed by atoms with Crippen molar-refractivity contribution in [2.75, 3.05) is 18.1 Å². The first-order valence-electron chi connectivity index (χ1n) is 7.20. The van der Waals surface area contributed by atoms with Gasteiger partial charge in [-0.25, -0.2) is 18.4 Å². The number of hydrogen-bond donors (Lipinski definition) is 1. The summed E-state index contributed by atoms with van der Waals surface area (Å²) < 4.78 is 25.2. The lowest BCUT2D eigenvalue weighted by Crippen LogP contribution is -2.13. The molecule has 2 aromatic rings. The lowest BCUT2D eigenvalue weighted by atomic mass is 10.1. The van der Waals surface area contributed by atoms with Crippen molar-refractivity contribution >= 4 is 21.0 Å². The summed E-state index contributed by atoms with van der Waals surface area (Å²) in [5.74, 6) is 1.55. The zero-order valence-corrected chi connectivity index (χ0v) is 12.6. The summed E-state index contributed by atoms with van der Waals surface area (Å²) in [4.78, 5) is 8.96. The molecule has 21 heavy (non-hydrogen) atoms. The van der Waals surface area contributed by atoms with E-state index in [1.807, 2.05) is 16.7 Å². The van der Waals surface area contributed by atoms with Gasteiger partial charge in [0.15, 0.2) is 15.5 Å². The highest BCUT2D eigenvalue weighted by Gasteiger charge is 2.29. The Morgan fingerprint density at radius 1 is 1.43 bits per heavy atom. The van der Waals surface area contributed by atoms with Crippen LogP contribution in [0.5, 0.6) is 0 Å². The number of nitrogens with zero attached hydrogens (tertiary/aromatic N) is 3. The van der Waals surface area contributed by atoms with Crippen LogP contribution in [0.1, 0.15) is 18.7 Å². The average Bonchev–Trinajstić information content (AvgIpc) is 2.97. The van der Waals surface area contributed by atoms with Crippen molar-refractivity contribution in [1.29, 1.82) is 0 Å². The first kappa shape index (κ1) is 14.5. The predicted molar refractivity (Wildman–Crippen MR) is 79.7 cm³/mol. The number of pyridine rings is 1. The number of aliphatic hydroxyl groups excluding tert-OH is 1. The van der Waals surface area contributed by atoms with Gasteiger partial charge in [0.2, 0.25) is 0 Å². The maximum atomic E-state index is 11.6. The molecule has 0 amide bonds. The van der Waals surface area contributed by atoms with Gasteiger partial charge in [-0.15, -0.1) is 0 Å². The van der Waals surface area contributed by atoms with E-state index in [1.165, 1.54) is 0 Å². The molecule has 0 spiro atoms. The molecule has 0 bridgehead atoms. The minimum Gasteiger partial charge on any atom is -0.396 e. The minimum atomic E-state index is -2.87. The fourth-order valence-corrected chi connectivity index (χ4v) is 4.78. The molecule has 3 rings (SSSR count). The number of rotatable bonds is 5. The van der Waals surface area contributed by atoms with Crippen molar-refractivity contribution in [2.45, 2.75) is 25.8 Å². The number of hydrogen-bond acceptors (Lipinski definition) is 5. The molecule has 2 aromatic heterocycles. The second-order valence-corrected chi connectivity index (χ2v) is 7.80. The minimum absolute atomic E-state index is 0.115. The monoisotopic (exact) mass is 309 g/mol. The number of imidazole rings is 1. The molecule has 0 aliphatic carbocycles. The highest BCUT2D eigenvalue weighted by atomic mass is 32.2. The van der Waals surface area contributed by atoms with Gasteiger partial charge in [-0.2, -0.15) is 0 Å². The van der Waals surface area contributed by atoms with E-state index in [2.05, 4.69) is 9.97 Å². The quantitative estimate of drug-likeness (QED) is 0.882. The Kier molecular flexibility index (Phi) is 3.95. The molecule has 1 aliphatic heterocycles. The summed E-state index contributed by atoms with van der Waals surface area (Å²) >= 11 is 0. The van der Waals surface area contributed by atoms with Gasteiger partial charge >= 0.3 is 0 Å². The summed E-state index contributed by atoms with van der Waals surface area (Å²) in [5, 5.41) is 9.05. The van der Waals surface area contributed by atoms with Crippen molar-refractivity contribution in [1.82, 2.24) is 14.5 Å². The van der Waals surface area contributed by atoms with Crippen LogP contribution in [-0.2, 0) is 22.8 Å². The lowest BCUT2D eigenvalue weighted by Gasteiger charge is -2.10. The van der Waals surface area contributed by atoms with Gasteiger partial charge in [-0.3, -0.25) is 0 Å². The molecule has 3 heterocycles. The molecule has 1 N–H and O–H groups in total. The third-order valence-corrected chi connectivity index (χ3v) is 5.76. The van der Waals surface area contributed by atoms with Crippen LogP contribution < -0.4 is 0 Å². The summed E-state index contributed by atoms with van der Waals surface area (Å²) in [6, 6.07) is 3.75. The largest absolute Gasteiger partial charge is 0.396 e. The summed E-state index contributed by atoms with van der Waals surface area (Å²) in [5.41, 5.74) is 1.63. The Hall–Kier alpha value is -1.47. The Balaban J connectivity index is 1.90. The number of aromatic nitrogens is 3. The molecule has 7 heteroatoms. The molecule has 1 fully saturated rings. The van der Waals surface area contributed by atoms with Crippen LogP contribution in [0.25, 0.3) is 11.2 Å². The van der Waals surface area contributed by atoms with Gasteiger partial charge in [0.1, 0.15) is 11.3 Å². The van der Waals surface area contributed by atoms with E-state index in [9.17, 15) is 8.42 Å². The highest BCUT2D eigenvalue weighted by Crippen LogP contribution is 2.24. The van der Waals surface area contributed by atoms with E-state index in [0.717, 1.165) is 17.0 Å². The van der Waals surface area contributed by atoms with E-state index in [0.29, 0.717) is 25.8 Å². The zero-order chi connectivity index (χ0) is 14.9. The van der Waals surface area contributed by atoms with Gasteiger partial charge < -0.3 is 9.67 Å². The van der Waals surface area contributed by atoms with Crippen molar-refractivity contribution in [3.05, 3.63) is 24.2 Å². The Bertz CT molecular complexity index is 739. The molecule has 1 aliphatic rings. The van der Waals surface area contributed by atoms with Crippen LogP contribution in [0.3, 0.4) is 0 Å². The van der Waals surface area contributed by atoms with Gasteiger partial charge in [-0.05, 0) is 30.9 Å². The van der Waals surface area contributed by atoms with E-state index in [1.54, 1.807) is 6.20 Å². The second-order valence-electron chi connectivity index (χ2n) is 5.58. The van der Waals surface area contributed by atoms with Gasteiger partial charge in [-0.1, -0.05) is 0 Å². The SMILES string of the molecule is O=S1(=O)CCC(Cc2nc3cccnc3n2CCCO)C1. The molecule has 1 unspecified atom stereocenters. The maximum Gasteiger partial charge on any atom is 0.159 e. The Morgan fingerprint density at radius 2 is 2.29 bits per heavy atom. The first-order valence-corrected chi connectivity index (χ1v) is 9.02. The average molecular weight is 309 g/mol. The molecule has 1 saturated heterocycles. The topological polar surface area (TPSA) is 85.1 Å². The maximum absolute atomic E-state index is 11.6. The standard InChI is InChI=1S/C14H19N3O3S/c18-7-2-6-17-13(9-11-4-8-21(19,20)10-11)16-12-3-1-5-15-14(12)17/h1,3,5,11,18H,2,4,6-10H2. The molecular weight excluding hydrogens is 290 g/mol. The molecule has 0 radical (unpaired) electrons. The molecule has 1 atom stereocenters. The highest BCUT2D eigenvalue weighted by molar-refractivity contribution is 7.91. The van der Waals surface area contributed by atoms with E-state index < -0.39 is 9.84 Å². The van der Waals surface area contributed by atoms with Crippen LogP contribution in [0.15, 0.2) is 18.3 Å². The number of aliphatic hydroxyl groups is 1. The lowest BCUT2D eigenvalue weighted by molar-refractivity contribution is 0.279. The molecular formula is C14H19N3O3S. The molecule has 114 valence electrons. The normalized spacial score (nSPS) is 21.1. The van der Waals surface area contributed by atoms with E-state index >= 15 is 0 Å². The summed E-state index contributed by atoms with van der Waals surface area (Å²) in [7, 11) is -2.87. The first-order chi connectivity index (χ1) is 10.1. The van der Waals surface area contributed by atoms with Crippen LogP contribution >= 0.6 is 0 Å². The zero-order valence-electron chi connectivity index (χ0n) is 11.8. The fraction of sp³-hybridized carbons (Fsp3) is 0.571. The van der Waals surface area contributed by atoms with Crippen LogP contribution in [0.4, 0.5) is 0 Å². The van der Waals surface area contributed by atoms with Crippen molar-refractivity contribution < 1.29 is 13.5 Å². The van der Waals surface area contributed by atoms with E-state index in [4.69, 9.17) is 5.11 Å². The smallest absolute Gasteiger partial charge is 0.159 e. The summed E-state index contributed by atoms with van der Waals surface area (Å²) in [6.07, 6.45) is 3.72. The van der Waals surface area contributed by atoms with Gasteiger partial charge in [0.05, 0.1) is 11.5 Å². The van der Waals surface area contributed by atoms with Gasteiger partial charge in [0, 0.05) is 25.8 Å². The third-order valence-electron chi connectivity index (χ3n) is 3.92. The van der Waals surface area contributed by atoms with Gasteiger partial charge in [0.25, 0.3) is 0 Å². The Morgan fingerprint density at radius 3 is 3.00 bits per heavy atom. The molecule has 6 nitrogen and oxygen atoms in total. The summed E-state index contributed by atoms with van der Waals surface area (Å²) in [6.45, 7) is 0.766. The number of aryl methyl sites for hydroxylation is 1. The molecule has 0 aromatic carbocycles. The fourth-order valence-electron chi connectivity index (χ4n) is 2.92. The number of sulfone groups is 1. The van der Waals surface area contributed by atoms with Crippen LogP contribution in [0.2, 0.25) is 0 Å². The van der Waals surface area contributed by atoms with E-state index in [-0.39, 0.29) is 24.0 Å².